The molecular weight excluding hydrogens is 240 g/mol. The monoisotopic (exact) mass is 258 g/mol. The zero-order chi connectivity index (χ0) is 13.9. The summed E-state index contributed by atoms with van der Waals surface area (Å²) < 4.78 is 1.88. The molecule has 0 aliphatic rings. The summed E-state index contributed by atoms with van der Waals surface area (Å²) in [5.41, 5.74) is 6.77. The van der Waals surface area contributed by atoms with Crippen molar-refractivity contribution in [3.63, 3.8) is 0 Å². The van der Waals surface area contributed by atoms with E-state index >= 15 is 0 Å². The molecule has 0 spiro atoms. The summed E-state index contributed by atoms with van der Waals surface area (Å²) in [7, 11) is 0. The van der Waals surface area contributed by atoms with Gasteiger partial charge in [0.2, 0.25) is 0 Å². The van der Waals surface area contributed by atoms with Crippen molar-refractivity contribution in [3.05, 3.63) is 48.5 Å². The smallest absolute Gasteiger partial charge is 0.251 e. The number of aromatic nitrogens is 2. The van der Waals surface area contributed by atoms with Crippen LogP contribution in [0.25, 0.3) is 5.69 Å². The Kier molecular flexibility index (Phi) is 3.66. The van der Waals surface area contributed by atoms with Crippen LogP contribution in [0.5, 0.6) is 0 Å². The van der Waals surface area contributed by atoms with Crippen LogP contribution in [0.2, 0.25) is 0 Å². The zero-order valence-corrected chi connectivity index (χ0v) is 11.1. The van der Waals surface area contributed by atoms with E-state index in [4.69, 9.17) is 5.73 Å². The molecule has 0 saturated heterocycles. The number of nitrogens with one attached hydrogen (secondary N) is 1. The van der Waals surface area contributed by atoms with E-state index in [0.717, 1.165) is 5.69 Å². The van der Waals surface area contributed by atoms with E-state index in [9.17, 15) is 4.79 Å². The van der Waals surface area contributed by atoms with E-state index in [-0.39, 0.29) is 5.91 Å². The van der Waals surface area contributed by atoms with Gasteiger partial charge in [-0.05, 0) is 38.1 Å². The fourth-order valence-electron chi connectivity index (χ4n) is 1.63. The van der Waals surface area contributed by atoms with Crippen molar-refractivity contribution in [2.45, 2.75) is 19.4 Å². The van der Waals surface area contributed by atoms with Crippen LogP contribution < -0.4 is 11.1 Å². The van der Waals surface area contributed by atoms with Crippen LogP contribution in [0.1, 0.15) is 24.2 Å². The van der Waals surface area contributed by atoms with Crippen molar-refractivity contribution in [1.29, 1.82) is 0 Å². The number of nitrogens with zero attached hydrogens (tertiary/aromatic N) is 2. The fourth-order valence-corrected chi connectivity index (χ4v) is 1.63. The van der Waals surface area contributed by atoms with Gasteiger partial charge < -0.3 is 15.6 Å². The molecule has 0 saturated carbocycles. The molecule has 1 aromatic carbocycles. The SMILES string of the molecule is CC(C)(CN)NC(=O)c1ccc(-n2ccnc2)cc1. The van der Waals surface area contributed by atoms with Gasteiger partial charge in [0.05, 0.1) is 6.33 Å². The van der Waals surface area contributed by atoms with Crippen LogP contribution in [0.3, 0.4) is 0 Å². The molecule has 0 atom stereocenters. The third-order valence-corrected chi connectivity index (χ3v) is 2.89. The molecule has 2 aromatic rings. The lowest BCUT2D eigenvalue weighted by Gasteiger charge is -2.24. The molecule has 0 fully saturated rings. The summed E-state index contributed by atoms with van der Waals surface area (Å²) >= 11 is 0. The number of hydrogen-bond acceptors (Lipinski definition) is 3. The second kappa shape index (κ2) is 5.24. The molecule has 2 rings (SSSR count). The minimum Gasteiger partial charge on any atom is -0.346 e. The van der Waals surface area contributed by atoms with E-state index in [1.807, 2.05) is 36.7 Å². The maximum absolute atomic E-state index is 12.0. The number of carbonyl (C=O) groups excluding carboxylic acids is 1. The molecule has 19 heavy (non-hydrogen) atoms. The highest BCUT2D eigenvalue weighted by atomic mass is 16.1. The Labute approximate surface area is 112 Å². The summed E-state index contributed by atoms with van der Waals surface area (Å²) in [5, 5.41) is 2.89. The van der Waals surface area contributed by atoms with Gasteiger partial charge in [0.25, 0.3) is 5.91 Å². The van der Waals surface area contributed by atoms with E-state index in [1.54, 1.807) is 24.7 Å². The van der Waals surface area contributed by atoms with E-state index in [1.165, 1.54) is 0 Å². The second-order valence-electron chi connectivity index (χ2n) is 5.06. The Hall–Kier alpha value is -2.14. The molecule has 100 valence electrons. The highest BCUT2D eigenvalue weighted by Gasteiger charge is 2.18. The summed E-state index contributed by atoms with van der Waals surface area (Å²) in [6.07, 6.45) is 5.28. The molecule has 5 nitrogen and oxygen atoms in total. The standard InChI is InChI=1S/C14H18N4O/c1-14(2,9-15)17-13(19)11-3-5-12(6-4-11)18-8-7-16-10-18/h3-8,10H,9,15H2,1-2H3,(H,17,19). The maximum atomic E-state index is 12.0. The van der Waals surface area contributed by atoms with Gasteiger partial charge >= 0.3 is 0 Å². The van der Waals surface area contributed by atoms with Gasteiger partial charge in [-0.3, -0.25) is 4.79 Å². The molecule has 3 N–H and O–H groups in total. The van der Waals surface area contributed by atoms with Gasteiger partial charge in [0.1, 0.15) is 0 Å². The maximum Gasteiger partial charge on any atom is 0.251 e. The fraction of sp³-hybridized carbons (Fsp3) is 0.286. The minimum absolute atomic E-state index is 0.118. The highest BCUT2D eigenvalue weighted by molar-refractivity contribution is 5.94. The van der Waals surface area contributed by atoms with Crippen molar-refractivity contribution in [2.24, 2.45) is 5.73 Å². The predicted molar refractivity (Wildman–Crippen MR) is 74.2 cm³/mol. The van der Waals surface area contributed by atoms with Gasteiger partial charge in [-0.15, -0.1) is 0 Å². The molecule has 0 bridgehead atoms. The Morgan fingerprint density at radius 2 is 2.05 bits per heavy atom. The third kappa shape index (κ3) is 3.20. The average molecular weight is 258 g/mol. The average Bonchev–Trinajstić information content (AvgIpc) is 2.92. The first-order chi connectivity index (χ1) is 9.02. The lowest BCUT2D eigenvalue weighted by Crippen LogP contribution is -2.48. The Bertz CT molecular complexity index is 543. The zero-order valence-electron chi connectivity index (χ0n) is 11.1. The van der Waals surface area contributed by atoms with Crippen LogP contribution >= 0.6 is 0 Å². The summed E-state index contributed by atoms with van der Waals surface area (Å²) in [4.78, 5) is 16.0. The Balaban J connectivity index is 2.13. The van der Waals surface area contributed by atoms with Gasteiger partial charge in [0, 0.05) is 35.7 Å². The molecule has 0 aliphatic carbocycles. The van der Waals surface area contributed by atoms with Crippen LogP contribution in [0.4, 0.5) is 0 Å². The number of amides is 1. The van der Waals surface area contributed by atoms with Gasteiger partial charge in [-0.1, -0.05) is 0 Å². The normalized spacial score (nSPS) is 11.3. The van der Waals surface area contributed by atoms with Crippen LogP contribution in [0, 0.1) is 0 Å². The van der Waals surface area contributed by atoms with Crippen molar-refractivity contribution in [2.75, 3.05) is 6.54 Å². The molecule has 0 radical (unpaired) electrons. The largest absolute Gasteiger partial charge is 0.346 e. The number of hydrogen-bond donors (Lipinski definition) is 2. The molecular formula is C14H18N4O. The third-order valence-electron chi connectivity index (χ3n) is 2.89. The summed E-state index contributed by atoms with van der Waals surface area (Å²) in [6.45, 7) is 4.18. The minimum atomic E-state index is -0.403. The van der Waals surface area contributed by atoms with E-state index < -0.39 is 5.54 Å². The molecule has 1 heterocycles. The van der Waals surface area contributed by atoms with Crippen molar-refractivity contribution < 1.29 is 4.79 Å². The number of nitrogens with two attached hydrogens (primary N) is 1. The second-order valence-corrected chi connectivity index (χ2v) is 5.06. The van der Waals surface area contributed by atoms with E-state index in [2.05, 4.69) is 10.3 Å². The van der Waals surface area contributed by atoms with Gasteiger partial charge in [-0.2, -0.15) is 0 Å². The van der Waals surface area contributed by atoms with Crippen LogP contribution in [0.15, 0.2) is 43.0 Å². The van der Waals surface area contributed by atoms with E-state index in [0.29, 0.717) is 12.1 Å². The number of carbonyl (C=O) groups is 1. The first-order valence-corrected chi connectivity index (χ1v) is 6.13. The Morgan fingerprint density at radius 1 is 1.37 bits per heavy atom. The lowest BCUT2D eigenvalue weighted by atomic mass is 10.1. The summed E-state index contributed by atoms with van der Waals surface area (Å²) in [5.74, 6) is -0.118. The molecule has 5 heteroatoms. The van der Waals surface area contributed by atoms with Crippen molar-refractivity contribution >= 4 is 5.91 Å². The topological polar surface area (TPSA) is 72.9 Å². The van der Waals surface area contributed by atoms with Crippen molar-refractivity contribution in [3.8, 4) is 5.69 Å². The number of imidazole rings is 1. The molecule has 1 amide bonds. The highest BCUT2D eigenvalue weighted by Crippen LogP contribution is 2.10. The quantitative estimate of drug-likeness (QED) is 0.869. The first kappa shape index (κ1) is 13.3. The Morgan fingerprint density at radius 3 is 2.58 bits per heavy atom. The van der Waals surface area contributed by atoms with Crippen LogP contribution in [-0.2, 0) is 0 Å². The van der Waals surface area contributed by atoms with Gasteiger partial charge in [-0.25, -0.2) is 4.98 Å². The van der Waals surface area contributed by atoms with Crippen LogP contribution in [-0.4, -0.2) is 27.5 Å². The number of benzene rings is 1. The molecule has 1 aromatic heterocycles. The predicted octanol–water partition coefficient (Wildman–Crippen LogP) is 1.34. The van der Waals surface area contributed by atoms with Crippen molar-refractivity contribution in [1.82, 2.24) is 14.9 Å². The molecule has 0 aliphatic heterocycles. The summed E-state index contributed by atoms with van der Waals surface area (Å²) in [6, 6.07) is 7.34. The first-order valence-electron chi connectivity index (χ1n) is 6.13. The van der Waals surface area contributed by atoms with Gasteiger partial charge in [0.15, 0.2) is 0 Å². The lowest BCUT2D eigenvalue weighted by molar-refractivity contribution is 0.0916. The molecule has 0 unspecified atom stereocenters. The number of rotatable bonds is 4.